The summed E-state index contributed by atoms with van der Waals surface area (Å²) in [4.78, 5) is 11.7. The summed E-state index contributed by atoms with van der Waals surface area (Å²) in [5, 5.41) is 3.09. The molecule has 0 saturated heterocycles. The molecule has 1 atom stereocenters. The van der Waals surface area contributed by atoms with Gasteiger partial charge in [0.05, 0.1) is 6.04 Å². The number of rotatable bonds is 2. The molecular formula is C15H19NO. The van der Waals surface area contributed by atoms with Crippen molar-refractivity contribution in [2.24, 2.45) is 0 Å². The Morgan fingerprint density at radius 1 is 1.35 bits per heavy atom. The van der Waals surface area contributed by atoms with E-state index in [4.69, 9.17) is 0 Å². The number of fused-ring (bicyclic) bond motifs is 1. The molecule has 2 heteroatoms. The maximum Gasteiger partial charge on any atom is 0.244 e. The van der Waals surface area contributed by atoms with Gasteiger partial charge >= 0.3 is 0 Å². The van der Waals surface area contributed by atoms with E-state index in [1.54, 1.807) is 6.08 Å². The van der Waals surface area contributed by atoms with Crippen molar-refractivity contribution in [3.05, 3.63) is 47.0 Å². The molecule has 0 aliphatic heterocycles. The highest BCUT2D eigenvalue weighted by molar-refractivity contribution is 5.88. The quantitative estimate of drug-likeness (QED) is 0.775. The lowest BCUT2D eigenvalue weighted by Crippen LogP contribution is -2.29. The maximum absolute atomic E-state index is 11.7. The van der Waals surface area contributed by atoms with Crippen LogP contribution >= 0.6 is 0 Å². The summed E-state index contributed by atoms with van der Waals surface area (Å²) >= 11 is 0. The molecule has 0 fully saturated rings. The number of amides is 1. The fourth-order valence-corrected chi connectivity index (χ4v) is 2.38. The average molecular weight is 229 g/mol. The lowest BCUT2D eigenvalue weighted by molar-refractivity contribution is -0.117. The minimum Gasteiger partial charge on any atom is -0.346 e. The van der Waals surface area contributed by atoms with Gasteiger partial charge in [0.2, 0.25) is 5.91 Å². The number of nitrogens with one attached hydrogen (secondary N) is 1. The molecule has 0 aromatic heterocycles. The van der Waals surface area contributed by atoms with Gasteiger partial charge in [-0.1, -0.05) is 29.8 Å². The predicted octanol–water partition coefficient (Wildman–Crippen LogP) is 3.15. The van der Waals surface area contributed by atoms with Crippen LogP contribution in [-0.2, 0) is 11.2 Å². The zero-order chi connectivity index (χ0) is 12.3. The summed E-state index contributed by atoms with van der Waals surface area (Å²) in [6.07, 6.45) is 4.98. The van der Waals surface area contributed by atoms with Gasteiger partial charge < -0.3 is 5.32 Å². The third-order valence-corrected chi connectivity index (χ3v) is 3.11. The van der Waals surface area contributed by atoms with Crippen molar-refractivity contribution in [1.29, 1.82) is 0 Å². The van der Waals surface area contributed by atoms with Crippen molar-refractivity contribution >= 4 is 5.91 Å². The van der Waals surface area contributed by atoms with E-state index >= 15 is 0 Å². The number of carbonyl (C=O) groups is 1. The van der Waals surface area contributed by atoms with Crippen LogP contribution in [0.4, 0.5) is 0 Å². The van der Waals surface area contributed by atoms with Gasteiger partial charge in [0.1, 0.15) is 0 Å². The minimum absolute atomic E-state index is 0.0201. The second-order valence-electron chi connectivity index (χ2n) is 4.87. The molecule has 90 valence electrons. The van der Waals surface area contributed by atoms with Crippen LogP contribution in [0.25, 0.3) is 0 Å². The van der Waals surface area contributed by atoms with E-state index < -0.39 is 0 Å². The molecule has 1 aliphatic carbocycles. The van der Waals surface area contributed by atoms with E-state index in [9.17, 15) is 4.79 Å². The molecule has 1 aliphatic rings. The van der Waals surface area contributed by atoms with Gasteiger partial charge in [0.15, 0.2) is 0 Å². The largest absolute Gasteiger partial charge is 0.346 e. The summed E-state index contributed by atoms with van der Waals surface area (Å²) in [7, 11) is 0. The highest BCUT2D eigenvalue weighted by atomic mass is 16.1. The second-order valence-corrected chi connectivity index (χ2v) is 4.87. The second kappa shape index (κ2) is 5.17. The molecule has 1 aromatic carbocycles. The number of hydrogen-bond acceptors (Lipinski definition) is 1. The molecule has 17 heavy (non-hydrogen) atoms. The lowest BCUT2D eigenvalue weighted by atomic mass is 9.88. The first kappa shape index (κ1) is 11.9. The van der Waals surface area contributed by atoms with Crippen LogP contribution in [-0.4, -0.2) is 5.91 Å². The molecule has 2 nitrogen and oxygen atoms in total. The number of carbonyl (C=O) groups excluding carboxylic acids is 1. The van der Waals surface area contributed by atoms with E-state index in [0.29, 0.717) is 0 Å². The van der Waals surface area contributed by atoms with Crippen molar-refractivity contribution in [3.8, 4) is 0 Å². The van der Waals surface area contributed by atoms with Gasteiger partial charge in [-0.3, -0.25) is 4.79 Å². The van der Waals surface area contributed by atoms with Gasteiger partial charge in [-0.2, -0.15) is 0 Å². The summed E-state index contributed by atoms with van der Waals surface area (Å²) in [5.41, 5.74) is 3.70. The summed E-state index contributed by atoms with van der Waals surface area (Å²) in [6, 6.07) is 8.59. The van der Waals surface area contributed by atoms with Crippen LogP contribution < -0.4 is 5.32 Å². The molecule has 0 saturated carbocycles. The fourth-order valence-electron chi connectivity index (χ4n) is 2.38. The lowest BCUT2D eigenvalue weighted by Gasteiger charge is -2.25. The standard InChI is InChI=1S/C15H19NO/c1-11(2)10-15(17)16-14-9-5-7-12-6-3-4-8-13(12)14/h3-4,6,8,10,14H,5,7,9H2,1-2H3,(H,16,17)/t14-/m0/s1. The highest BCUT2D eigenvalue weighted by Gasteiger charge is 2.20. The first-order valence-corrected chi connectivity index (χ1v) is 6.20. The predicted molar refractivity (Wildman–Crippen MR) is 69.7 cm³/mol. The minimum atomic E-state index is 0.0201. The van der Waals surface area contributed by atoms with Crippen molar-refractivity contribution in [2.75, 3.05) is 0 Å². The van der Waals surface area contributed by atoms with Gasteiger partial charge in [-0.15, -0.1) is 0 Å². The summed E-state index contributed by atoms with van der Waals surface area (Å²) < 4.78 is 0. The number of aryl methyl sites for hydroxylation is 1. The van der Waals surface area contributed by atoms with Crippen LogP contribution in [0.15, 0.2) is 35.9 Å². The van der Waals surface area contributed by atoms with Gasteiger partial charge in [0, 0.05) is 6.08 Å². The molecule has 1 amide bonds. The Morgan fingerprint density at radius 3 is 2.88 bits per heavy atom. The van der Waals surface area contributed by atoms with E-state index in [1.807, 2.05) is 19.9 Å². The fraction of sp³-hybridized carbons (Fsp3) is 0.400. The van der Waals surface area contributed by atoms with Gasteiger partial charge in [0.25, 0.3) is 0 Å². The van der Waals surface area contributed by atoms with Crippen LogP contribution in [0.1, 0.15) is 43.9 Å². The summed E-state index contributed by atoms with van der Waals surface area (Å²) in [6.45, 7) is 3.88. The monoisotopic (exact) mass is 229 g/mol. The highest BCUT2D eigenvalue weighted by Crippen LogP contribution is 2.29. The smallest absolute Gasteiger partial charge is 0.244 e. The van der Waals surface area contributed by atoms with E-state index in [0.717, 1.165) is 24.8 Å². The van der Waals surface area contributed by atoms with Crippen molar-refractivity contribution < 1.29 is 4.79 Å². The molecule has 0 spiro atoms. The van der Waals surface area contributed by atoms with E-state index in [2.05, 4.69) is 23.5 Å². The maximum atomic E-state index is 11.7. The molecule has 1 N–H and O–H groups in total. The Hall–Kier alpha value is -1.57. The SMILES string of the molecule is CC(C)=CC(=O)N[C@H]1CCCc2ccccc21. The third-order valence-electron chi connectivity index (χ3n) is 3.11. The molecule has 0 bridgehead atoms. The number of allylic oxidation sites excluding steroid dienone is 1. The Kier molecular flexibility index (Phi) is 3.62. The third kappa shape index (κ3) is 2.96. The van der Waals surface area contributed by atoms with E-state index in [1.165, 1.54) is 11.1 Å². The molecule has 0 heterocycles. The Balaban J connectivity index is 2.14. The molecule has 0 radical (unpaired) electrons. The van der Waals surface area contributed by atoms with Crippen LogP contribution in [0.3, 0.4) is 0 Å². The van der Waals surface area contributed by atoms with Gasteiger partial charge in [-0.25, -0.2) is 0 Å². The van der Waals surface area contributed by atoms with Crippen LogP contribution in [0, 0.1) is 0 Å². The van der Waals surface area contributed by atoms with Gasteiger partial charge in [-0.05, 0) is 44.2 Å². The molecular weight excluding hydrogens is 210 g/mol. The molecule has 2 rings (SSSR count). The Labute approximate surface area is 103 Å². The van der Waals surface area contributed by atoms with E-state index in [-0.39, 0.29) is 11.9 Å². The first-order chi connectivity index (χ1) is 8.16. The topological polar surface area (TPSA) is 29.1 Å². The average Bonchev–Trinajstić information content (AvgIpc) is 2.28. The zero-order valence-corrected chi connectivity index (χ0v) is 10.5. The normalized spacial score (nSPS) is 18.1. The Morgan fingerprint density at radius 2 is 2.12 bits per heavy atom. The Bertz CT molecular complexity index is 444. The molecule has 0 unspecified atom stereocenters. The van der Waals surface area contributed by atoms with Crippen molar-refractivity contribution in [1.82, 2.24) is 5.32 Å². The molecule has 1 aromatic rings. The number of hydrogen-bond donors (Lipinski definition) is 1. The van der Waals surface area contributed by atoms with Crippen molar-refractivity contribution in [2.45, 2.75) is 39.2 Å². The summed E-state index contributed by atoms with van der Waals surface area (Å²) in [5.74, 6) is 0.0201. The zero-order valence-electron chi connectivity index (χ0n) is 10.5. The van der Waals surface area contributed by atoms with Crippen molar-refractivity contribution in [3.63, 3.8) is 0 Å². The first-order valence-electron chi connectivity index (χ1n) is 6.20. The number of benzene rings is 1. The van der Waals surface area contributed by atoms with Crippen LogP contribution in [0.5, 0.6) is 0 Å². The van der Waals surface area contributed by atoms with Crippen LogP contribution in [0.2, 0.25) is 0 Å².